The van der Waals surface area contributed by atoms with Gasteiger partial charge in [0, 0.05) is 30.6 Å². The molecular formula is C11H16N4S. The molecule has 1 aromatic heterocycles. The normalized spacial score (nSPS) is 24.6. The smallest absolute Gasteiger partial charge is 0.157 e. The Morgan fingerprint density at radius 3 is 3.12 bits per heavy atom. The van der Waals surface area contributed by atoms with Crippen LogP contribution >= 0.6 is 11.8 Å². The SMILES string of the molecule is Cn1cc(CNC2=NCC(C3CC3)S2)cn1. The highest BCUT2D eigenvalue weighted by Crippen LogP contribution is 2.41. The third kappa shape index (κ3) is 2.24. The number of hydrogen-bond acceptors (Lipinski definition) is 4. The number of rotatable bonds is 3. The van der Waals surface area contributed by atoms with Gasteiger partial charge in [-0.1, -0.05) is 11.8 Å². The Hall–Kier alpha value is -0.970. The van der Waals surface area contributed by atoms with Gasteiger partial charge in [-0.15, -0.1) is 0 Å². The van der Waals surface area contributed by atoms with Gasteiger partial charge in [-0.05, 0) is 18.8 Å². The number of aliphatic imine (C=N–C) groups is 1. The van der Waals surface area contributed by atoms with Crippen molar-refractivity contribution in [3.05, 3.63) is 18.0 Å². The van der Waals surface area contributed by atoms with E-state index in [-0.39, 0.29) is 0 Å². The van der Waals surface area contributed by atoms with Crippen molar-refractivity contribution in [2.24, 2.45) is 18.0 Å². The molecule has 2 heterocycles. The summed E-state index contributed by atoms with van der Waals surface area (Å²) in [5, 5.41) is 9.39. The molecule has 0 bridgehead atoms. The first-order valence-corrected chi connectivity index (χ1v) is 6.62. The fourth-order valence-corrected chi connectivity index (χ4v) is 3.15. The summed E-state index contributed by atoms with van der Waals surface area (Å²) in [4.78, 5) is 4.54. The van der Waals surface area contributed by atoms with E-state index in [4.69, 9.17) is 0 Å². The van der Waals surface area contributed by atoms with Crippen LogP contribution in [0.25, 0.3) is 0 Å². The molecule has 1 saturated carbocycles. The van der Waals surface area contributed by atoms with Crippen molar-refractivity contribution in [1.29, 1.82) is 0 Å². The van der Waals surface area contributed by atoms with Crippen LogP contribution in [0.3, 0.4) is 0 Å². The van der Waals surface area contributed by atoms with Gasteiger partial charge in [0.2, 0.25) is 0 Å². The Morgan fingerprint density at radius 1 is 1.56 bits per heavy atom. The second kappa shape index (κ2) is 4.13. The first-order chi connectivity index (χ1) is 7.81. The van der Waals surface area contributed by atoms with Crippen molar-refractivity contribution < 1.29 is 0 Å². The standard InChI is InChI=1S/C11H16N4S/c1-15-7-8(5-14-15)4-12-11-13-6-10(16-11)9-2-3-9/h5,7,9-10H,2-4,6H2,1H3,(H,12,13). The number of amidine groups is 1. The molecule has 86 valence electrons. The van der Waals surface area contributed by atoms with Crippen molar-refractivity contribution in [2.45, 2.75) is 24.6 Å². The number of nitrogens with one attached hydrogen (secondary N) is 1. The van der Waals surface area contributed by atoms with Gasteiger partial charge < -0.3 is 5.32 Å². The molecule has 16 heavy (non-hydrogen) atoms. The number of aryl methyl sites for hydroxylation is 1. The van der Waals surface area contributed by atoms with Crippen LogP contribution in [0.5, 0.6) is 0 Å². The van der Waals surface area contributed by atoms with Crippen LogP contribution in [-0.2, 0) is 13.6 Å². The maximum Gasteiger partial charge on any atom is 0.157 e. The largest absolute Gasteiger partial charge is 0.361 e. The minimum atomic E-state index is 0.747. The van der Waals surface area contributed by atoms with Gasteiger partial charge in [0.05, 0.1) is 12.7 Å². The average Bonchev–Trinajstić information content (AvgIpc) is 2.87. The van der Waals surface area contributed by atoms with Gasteiger partial charge in [0.15, 0.2) is 5.17 Å². The molecule has 0 aromatic carbocycles. The molecule has 4 nitrogen and oxygen atoms in total. The lowest BCUT2D eigenvalue weighted by Crippen LogP contribution is -2.18. The van der Waals surface area contributed by atoms with Gasteiger partial charge in [0.25, 0.3) is 0 Å². The van der Waals surface area contributed by atoms with E-state index in [0.717, 1.165) is 29.4 Å². The van der Waals surface area contributed by atoms with Crippen LogP contribution < -0.4 is 5.32 Å². The van der Waals surface area contributed by atoms with E-state index < -0.39 is 0 Å². The van der Waals surface area contributed by atoms with E-state index >= 15 is 0 Å². The van der Waals surface area contributed by atoms with Crippen LogP contribution in [0, 0.1) is 5.92 Å². The summed E-state index contributed by atoms with van der Waals surface area (Å²) in [5.74, 6) is 0.937. The predicted octanol–water partition coefficient (Wildman–Crippen LogP) is 1.39. The number of thioether (sulfide) groups is 1. The molecule has 5 heteroatoms. The van der Waals surface area contributed by atoms with Gasteiger partial charge in [0.1, 0.15) is 0 Å². The molecule has 0 amide bonds. The van der Waals surface area contributed by atoms with Crippen LogP contribution in [0.15, 0.2) is 17.4 Å². The molecule has 1 fully saturated rings. The van der Waals surface area contributed by atoms with Crippen molar-refractivity contribution in [1.82, 2.24) is 15.1 Å². The zero-order chi connectivity index (χ0) is 11.0. The zero-order valence-electron chi connectivity index (χ0n) is 9.39. The lowest BCUT2D eigenvalue weighted by Gasteiger charge is -2.06. The minimum absolute atomic E-state index is 0.747. The second-order valence-corrected chi connectivity index (χ2v) is 5.74. The Balaban J connectivity index is 1.49. The molecule has 1 unspecified atom stereocenters. The van der Waals surface area contributed by atoms with Crippen LogP contribution in [0.1, 0.15) is 18.4 Å². The van der Waals surface area contributed by atoms with Crippen LogP contribution in [-0.4, -0.2) is 26.7 Å². The summed E-state index contributed by atoms with van der Waals surface area (Å²) in [6.07, 6.45) is 6.74. The minimum Gasteiger partial charge on any atom is -0.361 e. The molecule has 0 radical (unpaired) electrons. The quantitative estimate of drug-likeness (QED) is 0.862. The highest BCUT2D eigenvalue weighted by molar-refractivity contribution is 8.14. The van der Waals surface area contributed by atoms with E-state index in [1.54, 1.807) is 0 Å². The summed E-state index contributed by atoms with van der Waals surface area (Å²) >= 11 is 1.92. The molecule has 2 aliphatic rings. The third-order valence-electron chi connectivity index (χ3n) is 3.03. The van der Waals surface area contributed by atoms with Gasteiger partial charge in [-0.3, -0.25) is 9.67 Å². The number of aromatic nitrogens is 2. The molecule has 1 aliphatic heterocycles. The Bertz CT molecular complexity index is 408. The third-order valence-corrected chi connectivity index (χ3v) is 4.36. The molecule has 3 rings (SSSR count). The lowest BCUT2D eigenvalue weighted by atomic mass is 10.3. The fourth-order valence-electron chi connectivity index (χ4n) is 1.94. The molecule has 1 N–H and O–H groups in total. The molecule has 0 spiro atoms. The average molecular weight is 236 g/mol. The van der Waals surface area contributed by atoms with Crippen molar-refractivity contribution in [3.8, 4) is 0 Å². The maximum atomic E-state index is 4.54. The Labute approximate surface area is 99.5 Å². The highest BCUT2D eigenvalue weighted by Gasteiger charge is 2.35. The summed E-state index contributed by atoms with van der Waals surface area (Å²) in [6, 6.07) is 0. The highest BCUT2D eigenvalue weighted by atomic mass is 32.2. The summed E-state index contributed by atoms with van der Waals surface area (Å²) in [7, 11) is 1.94. The molecule has 1 aromatic rings. The first-order valence-electron chi connectivity index (χ1n) is 5.74. The number of nitrogens with zero attached hydrogens (tertiary/aromatic N) is 3. The predicted molar refractivity (Wildman–Crippen MR) is 66.5 cm³/mol. The van der Waals surface area contributed by atoms with Gasteiger partial charge in [-0.25, -0.2) is 0 Å². The molecule has 1 atom stereocenters. The van der Waals surface area contributed by atoms with E-state index in [9.17, 15) is 0 Å². The Kier molecular flexibility index (Phi) is 2.63. The van der Waals surface area contributed by atoms with E-state index in [1.807, 2.05) is 35.9 Å². The van der Waals surface area contributed by atoms with Crippen molar-refractivity contribution in [2.75, 3.05) is 6.54 Å². The molecular weight excluding hydrogens is 220 g/mol. The topological polar surface area (TPSA) is 42.2 Å². The van der Waals surface area contributed by atoms with Gasteiger partial charge in [-0.2, -0.15) is 5.10 Å². The van der Waals surface area contributed by atoms with E-state index in [0.29, 0.717) is 0 Å². The first kappa shape index (κ1) is 10.2. The van der Waals surface area contributed by atoms with Crippen LogP contribution in [0.4, 0.5) is 0 Å². The van der Waals surface area contributed by atoms with Gasteiger partial charge >= 0.3 is 0 Å². The molecule has 1 aliphatic carbocycles. The van der Waals surface area contributed by atoms with Crippen LogP contribution in [0.2, 0.25) is 0 Å². The summed E-state index contributed by atoms with van der Waals surface area (Å²) < 4.78 is 1.83. The summed E-state index contributed by atoms with van der Waals surface area (Å²) in [5.41, 5.74) is 1.21. The second-order valence-electron chi connectivity index (χ2n) is 4.52. The lowest BCUT2D eigenvalue weighted by molar-refractivity contribution is 0.766. The van der Waals surface area contributed by atoms with E-state index in [1.165, 1.54) is 18.4 Å². The monoisotopic (exact) mass is 236 g/mol. The van der Waals surface area contributed by atoms with E-state index in [2.05, 4.69) is 15.4 Å². The number of hydrogen-bond donors (Lipinski definition) is 1. The summed E-state index contributed by atoms with van der Waals surface area (Å²) in [6.45, 7) is 1.84. The molecule has 0 saturated heterocycles. The van der Waals surface area contributed by atoms with Crippen molar-refractivity contribution >= 4 is 16.9 Å². The zero-order valence-corrected chi connectivity index (χ0v) is 10.2. The Morgan fingerprint density at radius 2 is 2.44 bits per heavy atom. The maximum absolute atomic E-state index is 4.54. The van der Waals surface area contributed by atoms with Crippen molar-refractivity contribution in [3.63, 3.8) is 0 Å². The fraction of sp³-hybridized carbons (Fsp3) is 0.636.